The molecule has 0 bridgehead atoms. The molecule has 0 radical (unpaired) electrons. The van der Waals surface area contributed by atoms with Crippen LogP contribution in [0.3, 0.4) is 0 Å². The van der Waals surface area contributed by atoms with Gasteiger partial charge in [0.2, 0.25) is 5.89 Å². The van der Waals surface area contributed by atoms with E-state index in [2.05, 4.69) is 30.1 Å². The smallest absolute Gasteiger partial charge is 0.254 e. The molecule has 112 valence electrons. The van der Waals surface area contributed by atoms with E-state index >= 15 is 0 Å². The largest absolute Gasteiger partial charge is 0.484 e. The Morgan fingerprint density at radius 3 is 2.59 bits per heavy atom. The monoisotopic (exact) mass is 294 g/mol. The zero-order chi connectivity index (χ0) is 15.4. The van der Waals surface area contributed by atoms with Gasteiger partial charge in [0.1, 0.15) is 5.75 Å². The first kappa shape index (κ1) is 14.3. The minimum Gasteiger partial charge on any atom is -0.484 e. The van der Waals surface area contributed by atoms with Crippen molar-refractivity contribution in [1.82, 2.24) is 10.2 Å². The molecule has 1 aromatic heterocycles. The molecule has 0 saturated heterocycles. The highest BCUT2D eigenvalue weighted by molar-refractivity contribution is 5.51. The van der Waals surface area contributed by atoms with Gasteiger partial charge >= 0.3 is 0 Å². The fraction of sp³-hybridized carbons (Fsp3) is 0.222. The molecule has 0 N–H and O–H groups in total. The molecule has 0 aliphatic heterocycles. The summed E-state index contributed by atoms with van der Waals surface area (Å²) in [4.78, 5) is 0. The molecule has 0 saturated carbocycles. The topological polar surface area (TPSA) is 48.2 Å². The second-order valence-corrected chi connectivity index (χ2v) is 5.38. The molecule has 1 heterocycles. The maximum Gasteiger partial charge on any atom is 0.254 e. The zero-order valence-corrected chi connectivity index (χ0v) is 12.7. The quantitative estimate of drug-likeness (QED) is 0.698. The molecule has 0 amide bonds. The lowest BCUT2D eigenvalue weighted by molar-refractivity contribution is 0.264. The standard InChI is InChI=1S/C18H18N2O2/c1-13(2)15-9-6-10-16(11-15)21-12-17-19-20-18(22-17)14-7-4-3-5-8-14/h3-11,13H,12H2,1-2H3. The van der Waals surface area contributed by atoms with E-state index in [-0.39, 0.29) is 6.61 Å². The lowest BCUT2D eigenvalue weighted by atomic mass is 10.0. The van der Waals surface area contributed by atoms with E-state index in [0.717, 1.165) is 11.3 Å². The fourth-order valence-corrected chi connectivity index (χ4v) is 2.12. The van der Waals surface area contributed by atoms with Gasteiger partial charge in [0.05, 0.1) is 0 Å². The molecule has 0 aliphatic carbocycles. The molecule has 3 aromatic rings. The second kappa shape index (κ2) is 6.43. The Morgan fingerprint density at radius 1 is 1.00 bits per heavy atom. The Labute approximate surface area is 129 Å². The van der Waals surface area contributed by atoms with Crippen molar-refractivity contribution in [2.75, 3.05) is 0 Å². The third kappa shape index (κ3) is 3.34. The van der Waals surface area contributed by atoms with Gasteiger partial charge in [0, 0.05) is 5.56 Å². The summed E-state index contributed by atoms with van der Waals surface area (Å²) >= 11 is 0. The Morgan fingerprint density at radius 2 is 1.82 bits per heavy atom. The third-order valence-electron chi connectivity index (χ3n) is 3.37. The number of aromatic nitrogens is 2. The van der Waals surface area contributed by atoms with Crippen LogP contribution in [0.15, 0.2) is 59.0 Å². The van der Waals surface area contributed by atoms with Crippen molar-refractivity contribution in [3.63, 3.8) is 0 Å². The maximum absolute atomic E-state index is 5.74. The minimum absolute atomic E-state index is 0.265. The molecule has 0 fully saturated rings. The highest BCUT2D eigenvalue weighted by Gasteiger charge is 2.09. The van der Waals surface area contributed by atoms with Crippen LogP contribution >= 0.6 is 0 Å². The van der Waals surface area contributed by atoms with Gasteiger partial charge in [-0.3, -0.25) is 0 Å². The van der Waals surface area contributed by atoms with Crippen LogP contribution in [-0.4, -0.2) is 10.2 Å². The molecule has 0 spiro atoms. The SMILES string of the molecule is CC(C)c1cccc(OCc2nnc(-c3ccccc3)o2)c1. The molecular weight excluding hydrogens is 276 g/mol. The molecule has 0 aliphatic rings. The molecular formula is C18H18N2O2. The molecule has 4 heteroatoms. The Kier molecular flexibility index (Phi) is 4.19. The molecule has 22 heavy (non-hydrogen) atoms. The van der Waals surface area contributed by atoms with Crippen LogP contribution in [0.4, 0.5) is 0 Å². The zero-order valence-electron chi connectivity index (χ0n) is 12.7. The summed E-state index contributed by atoms with van der Waals surface area (Å²) in [5.41, 5.74) is 2.15. The molecule has 0 unspecified atom stereocenters. The Balaban J connectivity index is 1.67. The predicted molar refractivity (Wildman–Crippen MR) is 84.6 cm³/mol. The van der Waals surface area contributed by atoms with Gasteiger partial charge in [-0.05, 0) is 35.7 Å². The summed E-state index contributed by atoms with van der Waals surface area (Å²) in [7, 11) is 0. The van der Waals surface area contributed by atoms with Gasteiger partial charge in [-0.2, -0.15) is 0 Å². The summed E-state index contributed by atoms with van der Waals surface area (Å²) in [6.45, 7) is 4.58. The van der Waals surface area contributed by atoms with Crippen molar-refractivity contribution in [2.24, 2.45) is 0 Å². The molecule has 2 aromatic carbocycles. The summed E-state index contributed by atoms with van der Waals surface area (Å²) in [5, 5.41) is 8.07. The van der Waals surface area contributed by atoms with Crippen LogP contribution in [0, 0.1) is 0 Å². The van der Waals surface area contributed by atoms with Crippen LogP contribution in [0.2, 0.25) is 0 Å². The van der Waals surface area contributed by atoms with Gasteiger partial charge in [-0.15, -0.1) is 10.2 Å². The number of ether oxygens (including phenoxy) is 1. The van der Waals surface area contributed by atoms with Crippen LogP contribution in [-0.2, 0) is 6.61 Å². The summed E-state index contributed by atoms with van der Waals surface area (Å²) in [5.74, 6) is 2.26. The minimum atomic E-state index is 0.265. The van der Waals surface area contributed by atoms with E-state index < -0.39 is 0 Å². The van der Waals surface area contributed by atoms with E-state index in [4.69, 9.17) is 9.15 Å². The number of hydrogen-bond donors (Lipinski definition) is 0. The Bertz CT molecular complexity index is 736. The van der Waals surface area contributed by atoms with Crippen molar-refractivity contribution >= 4 is 0 Å². The van der Waals surface area contributed by atoms with Crippen LogP contribution in [0.5, 0.6) is 5.75 Å². The van der Waals surface area contributed by atoms with Gasteiger partial charge in [-0.25, -0.2) is 0 Å². The van der Waals surface area contributed by atoms with E-state index in [9.17, 15) is 0 Å². The fourth-order valence-electron chi connectivity index (χ4n) is 2.12. The van der Waals surface area contributed by atoms with E-state index in [1.165, 1.54) is 5.56 Å². The third-order valence-corrected chi connectivity index (χ3v) is 3.37. The van der Waals surface area contributed by atoms with Crippen molar-refractivity contribution in [3.05, 3.63) is 66.1 Å². The first-order valence-corrected chi connectivity index (χ1v) is 7.33. The Hall–Kier alpha value is -2.62. The highest BCUT2D eigenvalue weighted by Crippen LogP contribution is 2.22. The highest BCUT2D eigenvalue weighted by atomic mass is 16.5. The average molecular weight is 294 g/mol. The van der Waals surface area contributed by atoms with E-state index in [0.29, 0.717) is 17.7 Å². The number of hydrogen-bond acceptors (Lipinski definition) is 4. The number of benzene rings is 2. The molecule has 3 rings (SSSR count). The first-order valence-electron chi connectivity index (χ1n) is 7.33. The van der Waals surface area contributed by atoms with E-state index in [1.807, 2.05) is 48.5 Å². The first-order chi connectivity index (χ1) is 10.7. The molecule has 0 atom stereocenters. The van der Waals surface area contributed by atoms with Crippen LogP contribution in [0.1, 0.15) is 31.2 Å². The van der Waals surface area contributed by atoms with Crippen LogP contribution < -0.4 is 4.74 Å². The molecule has 4 nitrogen and oxygen atoms in total. The maximum atomic E-state index is 5.74. The normalized spacial score (nSPS) is 10.9. The number of rotatable bonds is 5. The van der Waals surface area contributed by atoms with E-state index in [1.54, 1.807) is 0 Å². The predicted octanol–water partition coefficient (Wildman–Crippen LogP) is 4.44. The lowest BCUT2D eigenvalue weighted by Gasteiger charge is -2.08. The van der Waals surface area contributed by atoms with Crippen LogP contribution in [0.25, 0.3) is 11.5 Å². The lowest BCUT2D eigenvalue weighted by Crippen LogP contribution is -1.97. The van der Waals surface area contributed by atoms with Gasteiger partial charge in [-0.1, -0.05) is 44.2 Å². The number of nitrogens with zero attached hydrogens (tertiary/aromatic N) is 2. The van der Waals surface area contributed by atoms with Crippen molar-refractivity contribution in [1.29, 1.82) is 0 Å². The summed E-state index contributed by atoms with van der Waals surface area (Å²) < 4.78 is 11.4. The van der Waals surface area contributed by atoms with Crippen molar-refractivity contribution < 1.29 is 9.15 Å². The van der Waals surface area contributed by atoms with Gasteiger partial charge in [0.25, 0.3) is 5.89 Å². The van der Waals surface area contributed by atoms with Gasteiger partial charge in [0.15, 0.2) is 6.61 Å². The summed E-state index contributed by atoms with van der Waals surface area (Å²) in [6.07, 6.45) is 0. The second-order valence-electron chi connectivity index (χ2n) is 5.38. The average Bonchev–Trinajstić information content (AvgIpc) is 3.03. The van der Waals surface area contributed by atoms with Crippen molar-refractivity contribution in [2.45, 2.75) is 26.4 Å². The van der Waals surface area contributed by atoms with Gasteiger partial charge < -0.3 is 9.15 Å². The van der Waals surface area contributed by atoms with Crippen molar-refractivity contribution in [3.8, 4) is 17.2 Å². The summed E-state index contributed by atoms with van der Waals surface area (Å²) in [6, 6.07) is 17.8.